The summed E-state index contributed by atoms with van der Waals surface area (Å²) in [6.07, 6.45) is 6.07. The Morgan fingerprint density at radius 1 is 1.26 bits per heavy atom. The molecule has 166 valence electrons. The summed E-state index contributed by atoms with van der Waals surface area (Å²) in [7, 11) is 3.37. The van der Waals surface area contributed by atoms with Gasteiger partial charge in [0.15, 0.2) is 11.5 Å². The summed E-state index contributed by atoms with van der Waals surface area (Å²) >= 11 is 0. The van der Waals surface area contributed by atoms with Crippen LogP contribution in [-0.2, 0) is 26.2 Å². The molecule has 6 heteroatoms. The summed E-state index contributed by atoms with van der Waals surface area (Å²) < 4.78 is 18.3. The number of nitrogens with one attached hydrogen (secondary N) is 1. The van der Waals surface area contributed by atoms with Crippen molar-refractivity contribution in [2.75, 3.05) is 14.2 Å². The molecule has 3 saturated carbocycles. The fourth-order valence-electron chi connectivity index (χ4n) is 7.53. The molecule has 1 aromatic carbocycles. The summed E-state index contributed by atoms with van der Waals surface area (Å²) in [6.45, 7) is 2.01. The number of rotatable bonds is 5. The molecule has 1 heterocycles. The highest BCUT2D eigenvalue weighted by Gasteiger charge is 2.70. The van der Waals surface area contributed by atoms with E-state index < -0.39 is 5.41 Å². The summed E-state index contributed by atoms with van der Waals surface area (Å²) in [4.78, 5) is 25.0. The maximum absolute atomic E-state index is 12.7. The number of ether oxygens (including phenoxy) is 3. The zero-order valence-electron chi connectivity index (χ0n) is 18.5. The van der Waals surface area contributed by atoms with E-state index in [-0.39, 0.29) is 41.4 Å². The van der Waals surface area contributed by atoms with E-state index >= 15 is 0 Å². The fraction of sp³-hybridized carbons (Fsp3) is 0.680. The predicted octanol–water partition coefficient (Wildman–Crippen LogP) is 2.80. The Kier molecular flexibility index (Phi) is 4.09. The van der Waals surface area contributed by atoms with Crippen LogP contribution in [0.1, 0.15) is 50.2 Å². The van der Waals surface area contributed by atoms with Gasteiger partial charge in [-0.2, -0.15) is 0 Å². The third kappa shape index (κ3) is 2.43. The maximum Gasteiger partial charge on any atom is 0.223 e. The van der Waals surface area contributed by atoms with Crippen LogP contribution in [0.4, 0.5) is 0 Å². The average Bonchev–Trinajstić information content (AvgIpc) is 3.56. The van der Waals surface area contributed by atoms with Crippen molar-refractivity contribution in [1.82, 2.24) is 5.32 Å². The van der Waals surface area contributed by atoms with Crippen LogP contribution in [0.5, 0.6) is 11.5 Å². The Balaban J connectivity index is 1.50. The van der Waals surface area contributed by atoms with E-state index in [2.05, 4.69) is 11.4 Å². The Labute approximate surface area is 183 Å². The van der Waals surface area contributed by atoms with Gasteiger partial charge >= 0.3 is 0 Å². The average molecular weight is 426 g/mol. The zero-order chi connectivity index (χ0) is 21.5. The number of methoxy groups -OCH3 is 2. The van der Waals surface area contributed by atoms with Crippen LogP contribution in [0.25, 0.3) is 0 Å². The van der Waals surface area contributed by atoms with Crippen molar-refractivity contribution in [1.29, 1.82) is 0 Å². The standard InChI is InChI=1S/C25H31NO5/c1-24(12-27)11-16-15-10-14-6-7-18(29-2)20-19(14)25(16,22(31-20)21(24)30-3)9-8-17(15)26-23(28)13-4-5-13/h6-7,12-13,15-17,21-22H,4-5,8-11H2,1-3H3,(H,26,28). The van der Waals surface area contributed by atoms with E-state index in [9.17, 15) is 9.59 Å². The molecule has 3 fully saturated rings. The SMILES string of the molecule is COc1ccc2c3c1OC1C(OC)C(C)(C=O)CC4C(C2)C(NC(=O)C2CC2)CCC341. The van der Waals surface area contributed by atoms with Crippen LogP contribution >= 0.6 is 0 Å². The lowest BCUT2D eigenvalue weighted by molar-refractivity contribution is -0.171. The highest BCUT2D eigenvalue weighted by atomic mass is 16.6. The molecule has 31 heavy (non-hydrogen) atoms. The van der Waals surface area contributed by atoms with Crippen LogP contribution in [-0.4, -0.2) is 44.7 Å². The number of hydrogen-bond donors (Lipinski definition) is 1. The fourth-order valence-corrected chi connectivity index (χ4v) is 7.53. The third-order valence-electron chi connectivity index (χ3n) is 9.05. The molecule has 1 amide bonds. The molecule has 1 aromatic rings. The van der Waals surface area contributed by atoms with E-state index in [0.29, 0.717) is 5.92 Å². The maximum atomic E-state index is 12.7. The van der Waals surface area contributed by atoms with Crippen molar-refractivity contribution in [2.24, 2.45) is 23.2 Å². The van der Waals surface area contributed by atoms with E-state index in [0.717, 1.165) is 56.3 Å². The molecule has 7 unspecified atom stereocenters. The Morgan fingerprint density at radius 3 is 2.74 bits per heavy atom. The zero-order valence-corrected chi connectivity index (χ0v) is 18.5. The number of carbonyl (C=O) groups excluding carboxylic acids is 2. The monoisotopic (exact) mass is 425 g/mol. The number of carbonyl (C=O) groups is 2. The summed E-state index contributed by atoms with van der Waals surface area (Å²) in [5.74, 6) is 2.57. The summed E-state index contributed by atoms with van der Waals surface area (Å²) in [5.41, 5.74) is 1.77. The lowest BCUT2D eigenvalue weighted by atomic mass is 9.43. The van der Waals surface area contributed by atoms with Gasteiger partial charge in [-0.15, -0.1) is 0 Å². The van der Waals surface area contributed by atoms with Gasteiger partial charge in [-0.05, 0) is 62.0 Å². The van der Waals surface area contributed by atoms with Crippen LogP contribution in [0.3, 0.4) is 0 Å². The first kappa shape index (κ1) is 19.6. The minimum atomic E-state index is -0.624. The van der Waals surface area contributed by atoms with E-state index in [1.54, 1.807) is 14.2 Å². The van der Waals surface area contributed by atoms with E-state index in [4.69, 9.17) is 14.2 Å². The highest BCUT2D eigenvalue weighted by Crippen LogP contribution is 2.68. The van der Waals surface area contributed by atoms with E-state index in [1.165, 1.54) is 11.1 Å². The van der Waals surface area contributed by atoms with Gasteiger partial charge in [0.25, 0.3) is 0 Å². The van der Waals surface area contributed by atoms with Gasteiger partial charge in [0, 0.05) is 30.0 Å². The largest absolute Gasteiger partial charge is 0.493 e. The lowest BCUT2D eigenvalue weighted by Crippen LogP contribution is -2.69. The smallest absolute Gasteiger partial charge is 0.223 e. The van der Waals surface area contributed by atoms with Gasteiger partial charge < -0.3 is 24.3 Å². The first-order valence-corrected chi connectivity index (χ1v) is 11.6. The number of amides is 1. The molecular formula is C25H31NO5. The van der Waals surface area contributed by atoms with Gasteiger partial charge in [0.05, 0.1) is 12.5 Å². The molecule has 6 rings (SSSR count). The topological polar surface area (TPSA) is 73.9 Å². The van der Waals surface area contributed by atoms with Gasteiger partial charge in [-0.25, -0.2) is 0 Å². The number of aldehydes is 1. The second-order valence-corrected chi connectivity index (χ2v) is 10.6. The molecule has 1 N–H and O–H groups in total. The molecular weight excluding hydrogens is 394 g/mol. The highest BCUT2D eigenvalue weighted by molar-refractivity contribution is 5.81. The van der Waals surface area contributed by atoms with Crippen LogP contribution in [0.15, 0.2) is 12.1 Å². The molecule has 0 radical (unpaired) electrons. The molecule has 1 aliphatic heterocycles. The molecule has 2 bridgehead atoms. The predicted molar refractivity (Wildman–Crippen MR) is 113 cm³/mol. The van der Waals surface area contributed by atoms with Gasteiger partial charge in [-0.3, -0.25) is 4.79 Å². The first-order valence-electron chi connectivity index (χ1n) is 11.6. The summed E-state index contributed by atoms with van der Waals surface area (Å²) in [6, 6.07) is 4.32. The molecule has 6 nitrogen and oxygen atoms in total. The van der Waals surface area contributed by atoms with Gasteiger partial charge in [0.1, 0.15) is 18.5 Å². The van der Waals surface area contributed by atoms with Crippen molar-refractivity contribution in [2.45, 2.75) is 69.1 Å². The Hall–Kier alpha value is -2.08. The lowest BCUT2D eigenvalue weighted by Gasteiger charge is -2.61. The minimum Gasteiger partial charge on any atom is -0.493 e. The van der Waals surface area contributed by atoms with Crippen molar-refractivity contribution in [3.63, 3.8) is 0 Å². The van der Waals surface area contributed by atoms with Crippen molar-refractivity contribution in [3.05, 3.63) is 23.3 Å². The second kappa shape index (κ2) is 6.47. The van der Waals surface area contributed by atoms with Crippen LogP contribution in [0, 0.1) is 23.2 Å². The molecule has 0 saturated heterocycles. The quantitative estimate of drug-likeness (QED) is 0.735. The summed E-state index contributed by atoms with van der Waals surface area (Å²) in [5, 5.41) is 3.40. The number of benzene rings is 1. The first-order chi connectivity index (χ1) is 15.0. The molecule has 0 aromatic heterocycles. The van der Waals surface area contributed by atoms with Crippen molar-refractivity contribution in [3.8, 4) is 11.5 Å². The molecule has 5 aliphatic rings. The Morgan fingerprint density at radius 2 is 2.06 bits per heavy atom. The third-order valence-corrected chi connectivity index (χ3v) is 9.05. The van der Waals surface area contributed by atoms with E-state index in [1.807, 2.05) is 13.0 Å². The van der Waals surface area contributed by atoms with Crippen molar-refractivity contribution < 1.29 is 23.8 Å². The molecule has 4 aliphatic carbocycles. The molecule has 1 spiro atoms. The Bertz CT molecular complexity index is 957. The van der Waals surface area contributed by atoms with Crippen LogP contribution in [0.2, 0.25) is 0 Å². The normalized spacial score (nSPS) is 41.7. The minimum absolute atomic E-state index is 0.152. The number of hydrogen-bond acceptors (Lipinski definition) is 5. The van der Waals surface area contributed by atoms with Crippen LogP contribution < -0.4 is 14.8 Å². The van der Waals surface area contributed by atoms with Gasteiger partial charge in [-0.1, -0.05) is 13.0 Å². The second-order valence-electron chi connectivity index (χ2n) is 10.6. The van der Waals surface area contributed by atoms with Crippen molar-refractivity contribution >= 4 is 12.2 Å². The molecule has 7 atom stereocenters. The van der Waals surface area contributed by atoms with Gasteiger partial charge in [0.2, 0.25) is 5.91 Å².